The van der Waals surface area contributed by atoms with Crippen molar-refractivity contribution in [2.75, 3.05) is 0 Å². The van der Waals surface area contributed by atoms with Crippen LogP contribution < -0.4 is 0 Å². The van der Waals surface area contributed by atoms with Crippen molar-refractivity contribution in [3.8, 4) is 0 Å². The zero-order valence-electron chi connectivity index (χ0n) is 11.7. The normalized spacial score (nSPS) is 14.0. The van der Waals surface area contributed by atoms with Crippen LogP contribution in [0.25, 0.3) is 0 Å². The van der Waals surface area contributed by atoms with E-state index in [2.05, 4.69) is 26.0 Å². The lowest BCUT2D eigenvalue weighted by Crippen LogP contribution is -2.06. The van der Waals surface area contributed by atoms with E-state index in [-0.39, 0.29) is 0 Å². The van der Waals surface area contributed by atoms with Gasteiger partial charge in [-0.3, -0.25) is 0 Å². The lowest BCUT2D eigenvalue weighted by Gasteiger charge is -2.13. The molecule has 106 valence electrons. The number of rotatable bonds is 5. The summed E-state index contributed by atoms with van der Waals surface area (Å²) in [4.78, 5) is 0. The van der Waals surface area contributed by atoms with Crippen LogP contribution in [0.1, 0.15) is 43.4 Å². The van der Waals surface area contributed by atoms with Gasteiger partial charge in [0.1, 0.15) is 0 Å². The molecule has 0 spiro atoms. The zero-order chi connectivity index (χ0) is 14.5. The molecule has 1 atom stereocenters. The minimum Gasteiger partial charge on any atom is -0.166 e. The molecule has 0 aromatic heterocycles. The van der Waals surface area contributed by atoms with Crippen molar-refractivity contribution in [2.24, 2.45) is 5.92 Å². The zero-order valence-corrected chi connectivity index (χ0v) is 11.7. The second-order valence-corrected chi connectivity index (χ2v) is 5.04. The monoisotopic (exact) mass is 270 g/mol. The van der Waals surface area contributed by atoms with E-state index in [1.807, 2.05) is 0 Å². The van der Waals surface area contributed by atoms with Gasteiger partial charge >= 0.3 is 6.18 Å². The summed E-state index contributed by atoms with van der Waals surface area (Å²) in [6.07, 6.45) is 2.98. The molecular formula is C16H21F3. The molecule has 1 rings (SSSR count). The van der Waals surface area contributed by atoms with Crippen LogP contribution in [-0.2, 0) is 12.6 Å². The number of benzene rings is 1. The standard InChI is InChI=1S/C16H21F3/c1-4-5-6-7-12(2)10-14-8-9-15(11-13(14)3)16(17,18)19/h6-9,11-12H,4-5,10H2,1-3H3. The average Bonchev–Trinajstić information content (AvgIpc) is 2.31. The fraction of sp³-hybridized carbons (Fsp3) is 0.500. The topological polar surface area (TPSA) is 0 Å². The van der Waals surface area contributed by atoms with E-state index in [9.17, 15) is 13.2 Å². The molecule has 0 bridgehead atoms. The van der Waals surface area contributed by atoms with Gasteiger partial charge in [0.2, 0.25) is 0 Å². The Morgan fingerprint density at radius 3 is 2.47 bits per heavy atom. The molecule has 0 N–H and O–H groups in total. The minimum absolute atomic E-state index is 0.349. The van der Waals surface area contributed by atoms with E-state index in [0.29, 0.717) is 11.5 Å². The summed E-state index contributed by atoms with van der Waals surface area (Å²) >= 11 is 0. The van der Waals surface area contributed by atoms with Crippen LogP contribution in [0.5, 0.6) is 0 Å². The second kappa shape index (κ2) is 6.78. The number of hydrogen-bond acceptors (Lipinski definition) is 0. The molecule has 1 aromatic rings. The van der Waals surface area contributed by atoms with Gasteiger partial charge in [-0.05, 0) is 48.9 Å². The quantitative estimate of drug-likeness (QED) is 0.615. The van der Waals surface area contributed by atoms with Crippen LogP contribution in [0.3, 0.4) is 0 Å². The van der Waals surface area contributed by atoms with Gasteiger partial charge in [0.25, 0.3) is 0 Å². The fourth-order valence-corrected chi connectivity index (χ4v) is 2.01. The molecule has 1 aromatic carbocycles. The molecule has 1 unspecified atom stereocenters. The van der Waals surface area contributed by atoms with Crippen molar-refractivity contribution >= 4 is 0 Å². The largest absolute Gasteiger partial charge is 0.416 e. The van der Waals surface area contributed by atoms with Gasteiger partial charge in [0, 0.05) is 0 Å². The number of unbranched alkanes of at least 4 members (excludes halogenated alkanes) is 1. The smallest absolute Gasteiger partial charge is 0.166 e. The van der Waals surface area contributed by atoms with E-state index in [1.165, 1.54) is 12.1 Å². The molecule has 0 saturated carbocycles. The van der Waals surface area contributed by atoms with Gasteiger partial charge in [-0.25, -0.2) is 0 Å². The van der Waals surface area contributed by atoms with Gasteiger partial charge in [-0.1, -0.05) is 38.5 Å². The first-order valence-electron chi connectivity index (χ1n) is 6.68. The molecule has 0 saturated heterocycles. The minimum atomic E-state index is -4.25. The number of hydrogen-bond donors (Lipinski definition) is 0. The predicted molar refractivity (Wildman–Crippen MR) is 73.1 cm³/mol. The highest BCUT2D eigenvalue weighted by molar-refractivity contribution is 5.33. The van der Waals surface area contributed by atoms with Crippen molar-refractivity contribution < 1.29 is 13.2 Å². The van der Waals surface area contributed by atoms with Crippen LogP contribution in [0.4, 0.5) is 13.2 Å². The molecule has 19 heavy (non-hydrogen) atoms. The van der Waals surface area contributed by atoms with Gasteiger partial charge in [-0.2, -0.15) is 13.2 Å². The average molecular weight is 270 g/mol. The first kappa shape index (κ1) is 15.8. The third kappa shape index (κ3) is 5.09. The second-order valence-electron chi connectivity index (χ2n) is 5.04. The lowest BCUT2D eigenvalue weighted by molar-refractivity contribution is -0.137. The molecule has 0 radical (unpaired) electrons. The van der Waals surface area contributed by atoms with Crippen molar-refractivity contribution in [3.63, 3.8) is 0 Å². The maximum Gasteiger partial charge on any atom is 0.416 e. The van der Waals surface area contributed by atoms with Crippen LogP contribution >= 0.6 is 0 Å². The summed E-state index contributed by atoms with van der Waals surface area (Å²) in [5.74, 6) is 0.349. The Balaban J connectivity index is 2.75. The van der Waals surface area contributed by atoms with E-state index in [1.54, 1.807) is 13.0 Å². The van der Waals surface area contributed by atoms with Crippen LogP contribution in [0, 0.1) is 12.8 Å². The molecule has 0 aliphatic carbocycles. The summed E-state index contributed by atoms with van der Waals surface area (Å²) in [6, 6.07) is 4.00. The first-order chi connectivity index (χ1) is 8.84. The Hall–Kier alpha value is -1.25. The van der Waals surface area contributed by atoms with Crippen molar-refractivity contribution in [1.82, 2.24) is 0 Å². The molecule has 0 fully saturated rings. The van der Waals surface area contributed by atoms with Gasteiger partial charge in [0.05, 0.1) is 5.56 Å². The summed E-state index contributed by atoms with van der Waals surface area (Å²) in [6.45, 7) is 5.95. The van der Waals surface area contributed by atoms with Crippen molar-refractivity contribution in [2.45, 2.75) is 46.2 Å². The molecule has 3 heteroatoms. The van der Waals surface area contributed by atoms with Crippen molar-refractivity contribution in [1.29, 1.82) is 0 Å². The SMILES string of the molecule is CCCC=CC(C)Cc1ccc(C(F)(F)F)cc1C. The van der Waals surface area contributed by atoms with Crippen LogP contribution in [0.2, 0.25) is 0 Å². The maximum absolute atomic E-state index is 12.6. The molecule has 0 heterocycles. The highest BCUT2D eigenvalue weighted by Crippen LogP contribution is 2.30. The van der Waals surface area contributed by atoms with Gasteiger partial charge in [-0.15, -0.1) is 0 Å². The predicted octanol–water partition coefficient (Wildman–Crippen LogP) is 5.55. The summed E-state index contributed by atoms with van der Waals surface area (Å²) in [5, 5.41) is 0. The summed E-state index contributed by atoms with van der Waals surface area (Å²) < 4.78 is 37.7. The van der Waals surface area contributed by atoms with Gasteiger partial charge in [0.15, 0.2) is 0 Å². The third-order valence-electron chi connectivity index (χ3n) is 3.13. The number of halogens is 3. The van der Waals surface area contributed by atoms with Crippen LogP contribution in [0.15, 0.2) is 30.4 Å². The number of allylic oxidation sites excluding steroid dienone is 2. The highest BCUT2D eigenvalue weighted by atomic mass is 19.4. The summed E-state index contributed by atoms with van der Waals surface area (Å²) in [5.41, 5.74) is 1.13. The Morgan fingerprint density at radius 2 is 1.95 bits per heavy atom. The molecule has 0 nitrogen and oxygen atoms in total. The Morgan fingerprint density at radius 1 is 1.26 bits per heavy atom. The lowest BCUT2D eigenvalue weighted by atomic mass is 9.95. The van der Waals surface area contributed by atoms with E-state index >= 15 is 0 Å². The molecule has 0 amide bonds. The number of aryl methyl sites for hydroxylation is 1. The summed E-state index contributed by atoms with van der Waals surface area (Å²) in [7, 11) is 0. The molecular weight excluding hydrogens is 249 g/mol. The first-order valence-corrected chi connectivity index (χ1v) is 6.68. The van der Waals surface area contributed by atoms with Crippen molar-refractivity contribution in [3.05, 3.63) is 47.0 Å². The Kier molecular flexibility index (Phi) is 5.64. The molecule has 0 aliphatic rings. The van der Waals surface area contributed by atoms with E-state index in [4.69, 9.17) is 0 Å². The number of alkyl halides is 3. The maximum atomic E-state index is 12.6. The van der Waals surface area contributed by atoms with Crippen LogP contribution in [-0.4, -0.2) is 0 Å². The van der Waals surface area contributed by atoms with E-state index in [0.717, 1.165) is 24.8 Å². The Labute approximate surface area is 113 Å². The van der Waals surface area contributed by atoms with Gasteiger partial charge < -0.3 is 0 Å². The molecule has 0 aliphatic heterocycles. The fourth-order valence-electron chi connectivity index (χ4n) is 2.01. The Bertz CT molecular complexity index is 430. The highest BCUT2D eigenvalue weighted by Gasteiger charge is 2.30. The van der Waals surface area contributed by atoms with E-state index < -0.39 is 11.7 Å². The third-order valence-corrected chi connectivity index (χ3v) is 3.13.